The first-order chi connectivity index (χ1) is 12.6. The molecule has 8 heteroatoms. The summed E-state index contributed by atoms with van der Waals surface area (Å²) < 4.78 is 0. The number of amides is 1. The third-order valence-electron chi connectivity index (χ3n) is 4.60. The van der Waals surface area contributed by atoms with Crippen LogP contribution in [0.15, 0.2) is 36.7 Å². The molecule has 1 aliphatic rings. The third kappa shape index (κ3) is 4.10. The highest BCUT2D eigenvalue weighted by atomic mass is 35.5. The Hall–Kier alpha value is -2.69. The van der Waals surface area contributed by atoms with E-state index in [1.807, 2.05) is 13.0 Å². The fourth-order valence-electron chi connectivity index (χ4n) is 3.00. The van der Waals surface area contributed by atoms with Gasteiger partial charge in [-0.3, -0.25) is 4.79 Å². The number of nitriles is 1. The van der Waals surface area contributed by atoms with Crippen molar-refractivity contribution >= 4 is 29.1 Å². The van der Waals surface area contributed by atoms with Gasteiger partial charge in [-0.05, 0) is 31.2 Å². The first-order valence-corrected chi connectivity index (χ1v) is 8.83. The van der Waals surface area contributed by atoms with E-state index in [-0.39, 0.29) is 11.9 Å². The van der Waals surface area contributed by atoms with Crippen LogP contribution in [0.3, 0.4) is 0 Å². The van der Waals surface area contributed by atoms with Crippen LogP contribution in [-0.4, -0.2) is 48.1 Å². The number of rotatable bonds is 4. The number of benzene rings is 1. The number of carbonyl (C=O) groups excluding carboxylic acids is 1. The van der Waals surface area contributed by atoms with Gasteiger partial charge >= 0.3 is 0 Å². The van der Waals surface area contributed by atoms with Crippen LogP contribution >= 0.6 is 11.6 Å². The fourth-order valence-corrected chi connectivity index (χ4v) is 3.22. The highest BCUT2D eigenvalue weighted by Crippen LogP contribution is 2.20. The van der Waals surface area contributed by atoms with E-state index in [0.29, 0.717) is 16.3 Å². The number of quaternary nitrogens is 1. The molecule has 0 aliphatic carbocycles. The smallest absolute Gasteiger partial charge is 0.282 e. The summed E-state index contributed by atoms with van der Waals surface area (Å²) >= 11 is 6.02. The average molecular weight is 372 g/mol. The van der Waals surface area contributed by atoms with Gasteiger partial charge in [0.2, 0.25) is 5.95 Å². The van der Waals surface area contributed by atoms with E-state index in [9.17, 15) is 4.79 Å². The maximum Gasteiger partial charge on any atom is 0.282 e. The molecule has 7 nitrogen and oxygen atoms in total. The molecule has 1 aromatic carbocycles. The van der Waals surface area contributed by atoms with Crippen LogP contribution in [-0.2, 0) is 4.79 Å². The molecular formula is C18H20ClN6O+. The van der Waals surface area contributed by atoms with Crippen LogP contribution in [0.1, 0.15) is 12.5 Å². The van der Waals surface area contributed by atoms with Crippen molar-refractivity contribution in [2.24, 2.45) is 0 Å². The molecule has 0 bridgehead atoms. The van der Waals surface area contributed by atoms with Crippen LogP contribution in [0.5, 0.6) is 0 Å². The quantitative estimate of drug-likeness (QED) is 0.827. The van der Waals surface area contributed by atoms with Gasteiger partial charge in [0, 0.05) is 18.1 Å². The predicted octanol–water partition coefficient (Wildman–Crippen LogP) is 0.734. The van der Waals surface area contributed by atoms with Gasteiger partial charge in [0.15, 0.2) is 6.04 Å². The van der Waals surface area contributed by atoms with Gasteiger partial charge < -0.3 is 15.1 Å². The lowest BCUT2D eigenvalue weighted by Gasteiger charge is -2.34. The molecular weight excluding hydrogens is 352 g/mol. The average Bonchev–Trinajstić information content (AvgIpc) is 2.68. The van der Waals surface area contributed by atoms with Crippen LogP contribution in [0.2, 0.25) is 5.02 Å². The van der Waals surface area contributed by atoms with E-state index in [2.05, 4.69) is 20.2 Å². The Kier molecular flexibility index (Phi) is 5.66. The van der Waals surface area contributed by atoms with Crippen molar-refractivity contribution in [3.05, 3.63) is 47.2 Å². The van der Waals surface area contributed by atoms with Crippen molar-refractivity contribution in [2.75, 3.05) is 36.4 Å². The van der Waals surface area contributed by atoms with E-state index in [0.717, 1.165) is 32.1 Å². The minimum atomic E-state index is -0.191. The van der Waals surface area contributed by atoms with E-state index in [1.165, 1.54) is 4.90 Å². The molecule has 26 heavy (non-hydrogen) atoms. The second-order valence-corrected chi connectivity index (χ2v) is 6.62. The van der Waals surface area contributed by atoms with Gasteiger partial charge in [-0.15, -0.1) is 0 Å². The Labute approximate surface area is 157 Å². The van der Waals surface area contributed by atoms with Gasteiger partial charge in [0.1, 0.15) is 6.07 Å². The van der Waals surface area contributed by atoms with Crippen molar-refractivity contribution in [3.63, 3.8) is 0 Å². The van der Waals surface area contributed by atoms with Crippen molar-refractivity contribution in [3.8, 4) is 6.07 Å². The summed E-state index contributed by atoms with van der Waals surface area (Å²) in [6, 6.07) is 8.51. The molecule has 0 radical (unpaired) electrons. The molecule has 3 rings (SSSR count). The summed E-state index contributed by atoms with van der Waals surface area (Å²) in [5.41, 5.74) is 0.990. The predicted molar refractivity (Wildman–Crippen MR) is 99.2 cm³/mol. The summed E-state index contributed by atoms with van der Waals surface area (Å²) in [7, 11) is 0. The van der Waals surface area contributed by atoms with Crippen molar-refractivity contribution in [1.82, 2.24) is 9.97 Å². The number of aromatic nitrogens is 2. The molecule has 2 aromatic rings. The fraction of sp³-hybridized carbons (Fsp3) is 0.333. The largest absolute Gasteiger partial charge is 0.330 e. The Morgan fingerprint density at radius 3 is 2.65 bits per heavy atom. The third-order valence-corrected chi connectivity index (χ3v) is 4.92. The lowest BCUT2D eigenvalue weighted by Crippen LogP contribution is -3.19. The van der Waals surface area contributed by atoms with Gasteiger partial charge in [0.05, 0.1) is 36.8 Å². The maximum atomic E-state index is 12.6. The molecule has 2 heterocycles. The topological polar surface area (TPSA) is 86.4 Å². The zero-order valence-corrected chi connectivity index (χ0v) is 15.2. The Morgan fingerprint density at radius 2 is 2.04 bits per heavy atom. The standard InChI is InChI=1S/C18H19ClN6O/c1-13(17(26)23-15-4-3-14(12-20)16(19)11-15)24-7-9-25(10-8-24)18-21-5-2-6-22-18/h2-6,11,13H,7-10H2,1H3,(H,23,26)/p+1/t13-/m0/s1. The molecule has 1 fully saturated rings. The van der Waals surface area contributed by atoms with Gasteiger partial charge in [0.25, 0.3) is 5.91 Å². The van der Waals surface area contributed by atoms with Crippen molar-refractivity contribution in [1.29, 1.82) is 5.26 Å². The summed E-state index contributed by atoms with van der Waals surface area (Å²) in [6.07, 6.45) is 3.47. The number of hydrogen-bond acceptors (Lipinski definition) is 5. The SMILES string of the molecule is C[C@@H](C(=O)Nc1ccc(C#N)c(Cl)c1)[NH+]1CCN(c2ncccn2)CC1. The number of nitrogens with zero attached hydrogens (tertiary/aromatic N) is 4. The van der Waals surface area contributed by atoms with E-state index >= 15 is 0 Å². The molecule has 0 spiro atoms. The van der Waals surface area contributed by atoms with Crippen molar-refractivity contribution < 1.29 is 9.69 Å². The maximum absolute atomic E-state index is 12.6. The van der Waals surface area contributed by atoms with Gasteiger partial charge in [-0.2, -0.15) is 5.26 Å². The zero-order chi connectivity index (χ0) is 18.5. The first kappa shape index (κ1) is 18.1. The van der Waals surface area contributed by atoms with E-state index < -0.39 is 0 Å². The van der Waals surface area contributed by atoms with E-state index in [4.69, 9.17) is 16.9 Å². The highest BCUT2D eigenvalue weighted by molar-refractivity contribution is 6.32. The number of halogens is 1. The molecule has 1 saturated heterocycles. The summed E-state index contributed by atoms with van der Waals surface area (Å²) in [4.78, 5) is 24.5. The highest BCUT2D eigenvalue weighted by Gasteiger charge is 2.30. The van der Waals surface area contributed by atoms with Crippen LogP contribution in [0.25, 0.3) is 0 Å². The Bertz CT molecular complexity index is 814. The minimum absolute atomic E-state index is 0.0646. The van der Waals surface area contributed by atoms with Gasteiger partial charge in [-0.25, -0.2) is 9.97 Å². The van der Waals surface area contributed by atoms with Crippen LogP contribution in [0.4, 0.5) is 11.6 Å². The number of anilines is 2. The Morgan fingerprint density at radius 1 is 1.35 bits per heavy atom. The molecule has 2 N–H and O–H groups in total. The second kappa shape index (κ2) is 8.13. The lowest BCUT2D eigenvalue weighted by atomic mass is 10.2. The number of hydrogen-bond donors (Lipinski definition) is 2. The molecule has 1 aromatic heterocycles. The summed E-state index contributed by atoms with van der Waals surface area (Å²) in [6.45, 7) is 5.20. The summed E-state index contributed by atoms with van der Waals surface area (Å²) in [5.74, 6) is 0.668. The second-order valence-electron chi connectivity index (χ2n) is 6.21. The molecule has 0 unspecified atom stereocenters. The molecule has 1 amide bonds. The minimum Gasteiger partial charge on any atom is -0.330 e. The van der Waals surface area contributed by atoms with Crippen LogP contribution in [0, 0.1) is 11.3 Å². The van der Waals surface area contributed by atoms with Crippen molar-refractivity contribution in [2.45, 2.75) is 13.0 Å². The summed E-state index contributed by atoms with van der Waals surface area (Å²) in [5, 5.41) is 12.1. The number of carbonyl (C=O) groups is 1. The molecule has 0 saturated carbocycles. The van der Waals surface area contributed by atoms with E-state index in [1.54, 1.807) is 36.7 Å². The zero-order valence-electron chi connectivity index (χ0n) is 14.4. The van der Waals surface area contributed by atoms with Crippen LogP contribution < -0.4 is 15.1 Å². The lowest BCUT2D eigenvalue weighted by molar-refractivity contribution is -0.914. The van der Waals surface area contributed by atoms with Gasteiger partial charge in [-0.1, -0.05) is 11.6 Å². The normalized spacial score (nSPS) is 16.0. The number of piperazine rings is 1. The molecule has 1 atom stereocenters. The Balaban J connectivity index is 1.56. The monoisotopic (exact) mass is 371 g/mol. The molecule has 1 aliphatic heterocycles. The number of nitrogens with one attached hydrogen (secondary N) is 2. The molecule has 134 valence electrons. The first-order valence-electron chi connectivity index (χ1n) is 8.45.